The van der Waals surface area contributed by atoms with E-state index >= 15 is 0 Å². The molecule has 2 rings (SSSR count). The predicted octanol–water partition coefficient (Wildman–Crippen LogP) is 1.08. The van der Waals surface area contributed by atoms with E-state index < -0.39 is 10.0 Å². The molecule has 0 aliphatic carbocycles. The molecule has 1 amide bonds. The highest BCUT2D eigenvalue weighted by atomic mass is 35.5. The quantitative estimate of drug-likeness (QED) is 0.822. The van der Waals surface area contributed by atoms with Crippen molar-refractivity contribution in [1.29, 1.82) is 0 Å². The summed E-state index contributed by atoms with van der Waals surface area (Å²) in [5, 5.41) is 0.371. The number of carbonyl (C=O) groups is 1. The molecule has 1 aromatic rings. The lowest BCUT2D eigenvalue weighted by Crippen LogP contribution is -2.49. The van der Waals surface area contributed by atoms with Gasteiger partial charge in [0.15, 0.2) is 0 Å². The lowest BCUT2D eigenvalue weighted by molar-refractivity contribution is -0.129. The van der Waals surface area contributed by atoms with Crippen molar-refractivity contribution in [3.63, 3.8) is 0 Å². The second-order valence-corrected chi connectivity index (χ2v) is 7.37. The van der Waals surface area contributed by atoms with Crippen molar-refractivity contribution in [3.8, 4) is 0 Å². The standard InChI is InChI=1S/C13H18ClN3O3S/c1-9-7-11(8-12(15)13(9)14)21(19,20)17-5-3-16(4-6-17)10(2)18/h7-8H,3-6,15H2,1-2H3. The predicted molar refractivity (Wildman–Crippen MR) is 81.6 cm³/mol. The second kappa shape index (κ2) is 5.82. The van der Waals surface area contributed by atoms with Crippen LogP contribution in [0.5, 0.6) is 0 Å². The summed E-state index contributed by atoms with van der Waals surface area (Å²) in [5.74, 6) is -0.0429. The third kappa shape index (κ3) is 3.14. The van der Waals surface area contributed by atoms with E-state index in [4.69, 9.17) is 17.3 Å². The van der Waals surface area contributed by atoms with Gasteiger partial charge in [0.05, 0.1) is 15.6 Å². The van der Waals surface area contributed by atoms with E-state index in [0.717, 1.165) is 0 Å². The topological polar surface area (TPSA) is 83.7 Å². The Bertz CT molecular complexity index is 644. The maximum atomic E-state index is 12.6. The average molecular weight is 332 g/mol. The highest BCUT2D eigenvalue weighted by molar-refractivity contribution is 7.89. The molecule has 0 radical (unpaired) electrons. The van der Waals surface area contributed by atoms with Crippen molar-refractivity contribution in [1.82, 2.24) is 9.21 Å². The largest absolute Gasteiger partial charge is 0.397 e. The van der Waals surface area contributed by atoms with Gasteiger partial charge in [-0.3, -0.25) is 4.79 Å². The molecule has 21 heavy (non-hydrogen) atoms. The summed E-state index contributed by atoms with van der Waals surface area (Å²) in [7, 11) is -3.62. The van der Waals surface area contributed by atoms with E-state index in [1.165, 1.54) is 23.4 Å². The minimum absolute atomic E-state index is 0.0429. The van der Waals surface area contributed by atoms with Crippen LogP contribution in [0.4, 0.5) is 5.69 Å². The number of nitrogens with two attached hydrogens (primary N) is 1. The van der Waals surface area contributed by atoms with Crippen LogP contribution in [0.15, 0.2) is 17.0 Å². The molecule has 0 unspecified atom stereocenters. The van der Waals surface area contributed by atoms with E-state index in [-0.39, 0.29) is 29.6 Å². The van der Waals surface area contributed by atoms with E-state index in [9.17, 15) is 13.2 Å². The fourth-order valence-electron chi connectivity index (χ4n) is 2.30. The number of nitrogens with zero attached hydrogens (tertiary/aromatic N) is 2. The molecule has 1 fully saturated rings. The monoisotopic (exact) mass is 331 g/mol. The van der Waals surface area contributed by atoms with Crippen molar-refractivity contribution in [2.24, 2.45) is 0 Å². The third-order valence-electron chi connectivity index (χ3n) is 3.58. The van der Waals surface area contributed by atoms with Crippen molar-refractivity contribution in [3.05, 3.63) is 22.7 Å². The molecule has 116 valence electrons. The van der Waals surface area contributed by atoms with Crippen LogP contribution in [0.1, 0.15) is 12.5 Å². The first-order valence-corrected chi connectivity index (χ1v) is 8.36. The summed E-state index contributed by atoms with van der Waals surface area (Å²) in [4.78, 5) is 13.0. The first-order valence-electron chi connectivity index (χ1n) is 6.55. The molecule has 0 spiro atoms. The summed E-state index contributed by atoms with van der Waals surface area (Å²) in [6, 6.07) is 2.90. The first-order chi connectivity index (χ1) is 9.73. The zero-order valence-corrected chi connectivity index (χ0v) is 13.5. The maximum Gasteiger partial charge on any atom is 0.243 e. The average Bonchev–Trinajstić information content (AvgIpc) is 2.44. The van der Waals surface area contributed by atoms with Crippen molar-refractivity contribution in [2.75, 3.05) is 31.9 Å². The van der Waals surface area contributed by atoms with E-state index in [0.29, 0.717) is 23.7 Å². The Morgan fingerprint density at radius 3 is 2.29 bits per heavy atom. The van der Waals surface area contributed by atoms with Crippen LogP contribution in [-0.4, -0.2) is 49.7 Å². The van der Waals surface area contributed by atoms with Crippen molar-refractivity contribution in [2.45, 2.75) is 18.7 Å². The number of rotatable bonds is 2. The Morgan fingerprint density at radius 1 is 1.24 bits per heavy atom. The number of carbonyl (C=O) groups excluding carboxylic acids is 1. The molecule has 6 nitrogen and oxygen atoms in total. The summed E-state index contributed by atoms with van der Waals surface area (Å²) in [5.41, 5.74) is 6.61. The molecule has 0 saturated carbocycles. The van der Waals surface area contributed by atoms with Crippen LogP contribution >= 0.6 is 11.6 Å². The van der Waals surface area contributed by atoms with E-state index in [1.807, 2.05) is 0 Å². The fourth-order valence-corrected chi connectivity index (χ4v) is 3.96. The van der Waals surface area contributed by atoms with Crippen LogP contribution in [0, 0.1) is 6.92 Å². The zero-order chi connectivity index (χ0) is 15.8. The van der Waals surface area contributed by atoms with Crippen LogP contribution in [-0.2, 0) is 14.8 Å². The molecular weight excluding hydrogens is 314 g/mol. The van der Waals surface area contributed by atoms with Gasteiger partial charge in [-0.25, -0.2) is 8.42 Å². The molecule has 1 heterocycles. The minimum atomic E-state index is -3.62. The van der Waals surface area contributed by atoms with Gasteiger partial charge in [-0.2, -0.15) is 4.31 Å². The van der Waals surface area contributed by atoms with Crippen LogP contribution in [0.3, 0.4) is 0 Å². The highest BCUT2D eigenvalue weighted by Gasteiger charge is 2.29. The van der Waals surface area contributed by atoms with E-state index in [2.05, 4.69) is 0 Å². The lowest BCUT2D eigenvalue weighted by atomic mass is 10.2. The van der Waals surface area contributed by atoms with Gasteiger partial charge in [0.2, 0.25) is 15.9 Å². The fraction of sp³-hybridized carbons (Fsp3) is 0.462. The van der Waals surface area contributed by atoms with Gasteiger partial charge in [0, 0.05) is 33.1 Å². The van der Waals surface area contributed by atoms with Crippen molar-refractivity contribution < 1.29 is 13.2 Å². The molecule has 2 N–H and O–H groups in total. The molecule has 1 aliphatic heterocycles. The number of hydrogen-bond acceptors (Lipinski definition) is 4. The Morgan fingerprint density at radius 2 is 1.81 bits per heavy atom. The molecule has 1 aromatic carbocycles. The molecule has 1 aliphatic rings. The number of nitrogen functional groups attached to an aromatic ring is 1. The molecule has 8 heteroatoms. The third-order valence-corrected chi connectivity index (χ3v) is 5.97. The van der Waals surface area contributed by atoms with E-state index in [1.54, 1.807) is 11.8 Å². The smallest absolute Gasteiger partial charge is 0.243 e. The minimum Gasteiger partial charge on any atom is -0.397 e. The summed E-state index contributed by atoms with van der Waals surface area (Å²) in [6.07, 6.45) is 0. The van der Waals surface area contributed by atoms with Gasteiger partial charge < -0.3 is 10.6 Å². The second-order valence-electron chi connectivity index (χ2n) is 5.05. The normalized spacial score (nSPS) is 17.0. The number of hydrogen-bond donors (Lipinski definition) is 1. The molecule has 0 atom stereocenters. The molecule has 0 bridgehead atoms. The zero-order valence-electron chi connectivity index (χ0n) is 12.0. The SMILES string of the molecule is CC(=O)N1CCN(S(=O)(=O)c2cc(C)c(Cl)c(N)c2)CC1. The Balaban J connectivity index is 2.26. The first kappa shape index (κ1) is 16.1. The number of aryl methyl sites for hydroxylation is 1. The van der Waals surface area contributed by atoms with Gasteiger partial charge in [0.25, 0.3) is 0 Å². The van der Waals surface area contributed by atoms with Crippen LogP contribution in [0.25, 0.3) is 0 Å². The molecule has 0 aromatic heterocycles. The van der Waals surface area contributed by atoms with Gasteiger partial charge in [0.1, 0.15) is 0 Å². The van der Waals surface area contributed by atoms with Gasteiger partial charge in [-0.15, -0.1) is 0 Å². The van der Waals surface area contributed by atoms with Gasteiger partial charge >= 0.3 is 0 Å². The lowest BCUT2D eigenvalue weighted by Gasteiger charge is -2.33. The van der Waals surface area contributed by atoms with Crippen LogP contribution < -0.4 is 5.73 Å². The Kier molecular flexibility index (Phi) is 4.46. The Labute approximate surface area is 129 Å². The maximum absolute atomic E-state index is 12.6. The van der Waals surface area contributed by atoms with Gasteiger partial charge in [-0.05, 0) is 24.6 Å². The molecular formula is C13H18ClN3O3S. The summed E-state index contributed by atoms with van der Waals surface area (Å²) < 4.78 is 26.6. The number of amides is 1. The number of piperazine rings is 1. The number of halogens is 1. The Hall–Kier alpha value is -1.31. The van der Waals surface area contributed by atoms with Crippen LogP contribution in [0.2, 0.25) is 5.02 Å². The number of benzene rings is 1. The number of sulfonamides is 1. The molecule has 1 saturated heterocycles. The summed E-state index contributed by atoms with van der Waals surface area (Å²) >= 11 is 5.96. The van der Waals surface area contributed by atoms with Gasteiger partial charge in [-0.1, -0.05) is 11.6 Å². The summed E-state index contributed by atoms with van der Waals surface area (Å²) in [6.45, 7) is 4.55. The number of anilines is 1. The highest BCUT2D eigenvalue weighted by Crippen LogP contribution is 2.28. The van der Waals surface area contributed by atoms with Crippen molar-refractivity contribution >= 4 is 33.2 Å².